The zero-order chi connectivity index (χ0) is 16.1. The van der Waals surface area contributed by atoms with Crippen LogP contribution in [0.15, 0.2) is 36.4 Å². The summed E-state index contributed by atoms with van der Waals surface area (Å²) in [5.41, 5.74) is 0.981. The van der Waals surface area contributed by atoms with Gasteiger partial charge in [-0.2, -0.15) is 0 Å². The third kappa shape index (κ3) is 3.85. The highest BCUT2D eigenvalue weighted by Crippen LogP contribution is 2.19. The van der Waals surface area contributed by atoms with Crippen LogP contribution in [0.1, 0.15) is 31.8 Å². The number of ether oxygens (including phenoxy) is 1. The first-order chi connectivity index (χ1) is 10.5. The van der Waals surface area contributed by atoms with Gasteiger partial charge in [0.1, 0.15) is 10.6 Å². The number of amides is 1. The van der Waals surface area contributed by atoms with Crippen molar-refractivity contribution in [3.05, 3.63) is 51.7 Å². The number of benzene rings is 1. The van der Waals surface area contributed by atoms with Crippen LogP contribution < -0.4 is 4.74 Å². The number of rotatable bonds is 6. The van der Waals surface area contributed by atoms with Gasteiger partial charge in [-0.15, -0.1) is 11.3 Å². The first-order valence-electron chi connectivity index (χ1n) is 6.81. The molecule has 1 heterocycles. The maximum atomic E-state index is 12.3. The van der Waals surface area contributed by atoms with Gasteiger partial charge in [-0.25, -0.2) is 4.79 Å². The predicted molar refractivity (Wildman–Crippen MR) is 84.7 cm³/mol. The van der Waals surface area contributed by atoms with Crippen molar-refractivity contribution in [2.75, 3.05) is 13.7 Å². The van der Waals surface area contributed by atoms with Gasteiger partial charge in [0.2, 0.25) is 0 Å². The minimum atomic E-state index is -1.02. The highest BCUT2D eigenvalue weighted by molar-refractivity contribution is 7.15. The van der Waals surface area contributed by atoms with Crippen LogP contribution in [-0.4, -0.2) is 35.5 Å². The lowest BCUT2D eigenvalue weighted by Crippen LogP contribution is -2.25. The van der Waals surface area contributed by atoms with Gasteiger partial charge in [0, 0.05) is 13.6 Å². The third-order valence-corrected chi connectivity index (χ3v) is 4.09. The number of carbonyl (C=O) groups excluding carboxylic acids is 1. The van der Waals surface area contributed by atoms with Crippen molar-refractivity contribution >= 4 is 23.2 Å². The number of thiophene rings is 1. The van der Waals surface area contributed by atoms with E-state index in [1.165, 1.54) is 6.07 Å². The summed E-state index contributed by atoms with van der Waals surface area (Å²) in [6.07, 6.45) is 0. The number of nitrogens with zero attached hydrogens (tertiary/aromatic N) is 1. The Kier molecular flexibility index (Phi) is 5.16. The normalized spacial score (nSPS) is 10.3. The average molecular weight is 319 g/mol. The summed E-state index contributed by atoms with van der Waals surface area (Å²) in [7, 11) is 1.69. The van der Waals surface area contributed by atoms with E-state index in [0.717, 1.165) is 22.6 Å². The van der Waals surface area contributed by atoms with E-state index in [2.05, 4.69) is 0 Å². The summed E-state index contributed by atoms with van der Waals surface area (Å²) < 4.78 is 5.37. The van der Waals surface area contributed by atoms with E-state index in [0.29, 0.717) is 18.0 Å². The molecule has 0 aliphatic heterocycles. The molecular formula is C16H17NO4S. The van der Waals surface area contributed by atoms with Crippen molar-refractivity contribution in [3.8, 4) is 5.75 Å². The predicted octanol–water partition coefficient (Wildman–Crippen LogP) is 3.12. The molecule has 6 heteroatoms. The monoisotopic (exact) mass is 319 g/mol. The first kappa shape index (κ1) is 16.0. The summed E-state index contributed by atoms with van der Waals surface area (Å²) in [6.45, 7) is 2.99. The van der Waals surface area contributed by atoms with Crippen molar-refractivity contribution in [1.29, 1.82) is 0 Å². The van der Waals surface area contributed by atoms with E-state index in [1.54, 1.807) is 18.0 Å². The lowest BCUT2D eigenvalue weighted by Gasteiger charge is -2.16. The Morgan fingerprint density at radius 3 is 2.32 bits per heavy atom. The van der Waals surface area contributed by atoms with Gasteiger partial charge in [0.05, 0.1) is 11.5 Å². The largest absolute Gasteiger partial charge is 0.494 e. The molecule has 0 aliphatic carbocycles. The Hall–Kier alpha value is -2.34. The molecule has 0 bridgehead atoms. The molecule has 0 saturated heterocycles. The number of carboxylic acids is 1. The molecule has 22 heavy (non-hydrogen) atoms. The van der Waals surface area contributed by atoms with Crippen molar-refractivity contribution in [1.82, 2.24) is 4.90 Å². The lowest BCUT2D eigenvalue weighted by atomic mass is 10.2. The average Bonchev–Trinajstić information content (AvgIpc) is 2.99. The molecule has 2 aromatic rings. The molecule has 0 radical (unpaired) electrons. The maximum absolute atomic E-state index is 12.3. The van der Waals surface area contributed by atoms with Crippen LogP contribution in [0.4, 0.5) is 0 Å². The molecule has 0 aliphatic rings. The van der Waals surface area contributed by atoms with Crippen LogP contribution in [0.5, 0.6) is 5.75 Å². The van der Waals surface area contributed by atoms with Crippen LogP contribution in [-0.2, 0) is 6.54 Å². The number of hydrogen-bond acceptors (Lipinski definition) is 4. The van der Waals surface area contributed by atoms with Crippen molar-refractivity contribution < 1.29 is 19.4 Å². The second-order valence-corrected chi connectivity index (χ2v) is 5.79. The van der Waals surface area contributed by atoms with Gasteiger partial charge < -0.3 is 14.7 Å². The smallest absolute Gasteiger partial charge is 0.345 e. The number of carbonyl (C=O) groups is 2. The van der Waals surface area contributed by atoms with E-state index >= 15 is 0 Å². The van der Waals surface area contributed by atoms with Crippen LogP contribution in [0.2, 0.25) is 0 Å². The van der Waals surface area contributed by atoms with Crippen LogP contribution in [0.25, 0.3) is 0 Å². The molecule has 1 amide bonds. The molecule has 1 N–H and O–H groups in total. The number of carboxylic acid groups (broad SMARTS) is 1. The third-order valence-electron chi connectivity index (χ3n) is 3.03. The van der Waals surface area contributed by atoms with Gasteiger partial charge in [0.15, 0.2) is 0 Å². The van der Waals surface area contributed by atoms with E-state index in [-0.39, 0.29) is 10.8 Å². The summed E-state index contributed by atoms with van der Waals surface area (Å²) >= 11 is 0.986. The van der Waals surface area contributed by atoms with Gasteiger partial charge in [-0.1, -0.05) is 12.1 Å². The molecule has 0 unspecified atom stereocenters. The Labute approximate surface area is 132 Å². The summed E-state index contributed by atoms with van der Waals surface area (Å²) in [6, 6.07) is 10.5. The van der Waals surface area contributed by atoms with E-state index in [1.807, 2.05) is 31.2 Å². The second kappa shape index (κ2) is 7.09. The minimum Gasteiger partial charge on any atom is -0.494 e. The second-order valence-electron chi connectivity index (χ2n) is 4.71. The van der Waals surface area contributed by atoms with Crippen molar-refractivity contribution in [2.45, 2.75) is 13.5 Å². The van der Waals surface area contributed by atoms with Crippen LogP contribution >= 0.6 is 11.3 Å². The highest BCUT2D eigenvalue weighted by Gasteiger charge is 2.16. The quantitative estimate of drug-likeness (QED) is 0.888. The first-order valence-corrected chi connectivity index (χ1v) is 7.63. The lowest BCUT2D eigenvalue weighted by molar-refractivity contribution is 0.0701. The molecular weight excluding hydrogens is 302 g/mol. The standard InChI is InChI=1S/C16H17NO4S/c1-3-21-12-6-4-11(5-7-12)10-17(2)15(18)13-8-9-14(22-13)16(19)20/h4-9H,3,10H2,1-2H3,(H,19,20). The SMILES string of the molecule is CCOc1ccc(CN(C)C(=O)c2ccc(C(=O)O)s2)cc1. The summed E-state index contributed by atoms with van der Waals surface area (Å²) in [4.78, 5) is 25.3. The summed E-state index contributed by atoms with van der Waals surface area (Å²) in [5, 5.41) is 8.90. The Bertz CT molecular complexity index is 663. The fourth-order valence-corrected chi connectivity index (χ4v) is 2.80. The maximum Gasteiger partial charge on any atom is 0.345 e. The van der Waals surface area contributed by atoms with Crippen LogP contribution in [0.3, 0.4) is 0 Å². The zero-order valence-corrected chi connectivity index (χ0v) is 13.2. The van der Waals surface area contributed by atoms with E-state index in [9.17, 15) is 9.59 Å². The van der Waals surface area contributed by atoms with Gasteiger partial charge >= 0.3 is 5.97 Å². The van der Waals surface area contributed by atoms with Gasteiger partial charge in [-0.05, 0) is 36.8 Å². The van der Waals surface area contributed by atoms with Gasteiger partial charge in [-0.3, -0.25) is 4.79 Å². The fraction of sp³-hybridized carbons (Fsp3) is 0.250. The zero-order valence-electron chi connectivity index (χ0n) is 12.4. The molecule has 0 saturated carbocycles. The Balaban J connectivity index is 2.02. The van der Waals surface area contributed by atoms with E-state index < -0.39 is 5.97 Å². The van der Waals surface area contributed by atoms with Crippen LogP contribution in [0, 0.1) is 0 Å². The molecule has 0 spiro atoms. The molecule has 5 nitrogen and oxygen atoms in total. The number of aromatic carboxylic acids is 1. The molecule has 0 atom stereocenters. The molecule has 2 rings (SSSR count). The Morgan fingerprint density at radius 1 is 1.14 bits per heavy atom. The molecule has 1 aromatic heterocycles. The minimum absolute atomic E-state index is 0.165. The van der Waals surface area contributed by atoms with Gasteiger partial charge in [0.25, 0.3) is 5.91 Å². The van der Waals surface area contributed by atoms with E-state index in [4.69, 9.17) is 9.84 Å². The molecule has 116 valence electrons. The topological polar surface area (TPSA) is 66.8 Å². The Morgan fingerprint density at radius 2 is 1.77 bits per heavy atom. The summed E-state index contributed by atoms with van der Waals surface area (Å²) in [5.74, 6) is -0.408. The fourth-order valence-electron chi connectivity index (χ4n) is 1.96. The van der Waals surface area contributed by atoms with Crippen molar-refractivity contribution in [3.63, 3.8) is 0 Å². The highest BCUT2D eigenvalue weighted by atomic mass is 32.1. The molecule has 0 fully saturated rings. The molecule has 1 aromatic carbocycles. The van der Waals surface area contributed by atoms with Crippen molar-refractivity contribution in [2.24, 2.45) is 0 Å². The number of hydrogen-bond donors (Lipinski definition) is 1.